The second-order valence-corrected chi connectivity index (χ2v) is 5.02. The smallest absolute Gasteiger partial charge is 0.227 e. The van der Waals surface area contributed by atoms with Gasteiger partial charge in [-0.1, -0.05) is 0 Å². The summed E-state index contributed by atoms with van der Waals surface area (Å²) in [6.07, 6.45) is -0.448. The summed E-state index contributed by atoms with van der Waals surface area (Å²) in [6.45, 7) is 2.08. The summed E-state index contributed by atoms with van der Waals surface area (Å²) >= 11 is 0. The Morgan fingerprint density at radius 1 is 1.45 bits per heavy atom. The number of rotatable bonds is 4. The molecule has 1 heterocycles. The molecule has 2 atom stereocenters. The minimum Gasteiger partial charge on any atom is -0.508 e. The number of carbonyl (C=O) groups is 2. The van der Waals surface area contributed by atoms with Crippen molar-refractivity contribution in [3.63, 3.8) is 0 Å². The summed E-state index contributed by atoms with van der Waals surface area (Å²) in [6, 6.07) is 6.29. The fraction of sp³-hybridized carbons (Fsp3) is 0.429. The lowest BCUT2D eigenvalue weighted by atomic mass is 10.1. The second-order valence-electron chi connectivity index (χ2n) is 5.02. The highest BCUT2D eigenvalue weighted by Crippen LogP contribution is 2.26. The van der Waals surface area contributed by atoms with Crippen molar-refractivity contribution in [1.29, 1.82) is 0 Å². The molecule has 20 heavy (non-hydrogen) atoms. The predicted octanol–water partition coefficient (Wildman–Crippen LogP) is 0.242. The summed E-state index contributed by atoms with van der Waals surface area (Å²) in [5.74, 6) is -0.616. The van der Waals surface area contributed by atoms with E-state index in [1.54, 1.807) is 19.1 Å². The molecule has 0 spiro atoms. The summed E-state index contributed by atoms with van der Waals surface area (Å²) in [5.41, 5.74) is 0.665. The van der Waals surface area contributed by atoms with E-state index < -0.39 is 12.0 Å². The minimum absolute atomic E-state index is 0.118. The Kier molecular flexibility index (Phi) is 4.24. The Morgan fingerprint density at radius 3 is 2.70 bits per heavy atom. The van der Waals surface area contributed by atoms with Gasteiger partial charge in [0.2, 0.25) is 11.8 Å². The van der Waals surface area contributed by atoms with Crippen LogP contribution in [0.25, 0.3) is 0 Å². The lowest BCUT2D eigenvalue weighted by Crippen LogP contribution is -2.36. The summed E-state index contributed by atoms with van der Waals surface area (Å²) in [7, 11) is 0. The fourth-order valence-corrected chi connectivity index (χ4v) is 2.16. The number of aliphatic hydroxyl groups excluding tert-OH is 1. The number of aromatic hydroxyl groups is 1. The molecule has 108 valence electrons. The van der Waals surface area contributed by atoms with Gasteiger partial charge in [-0.05, 0) is 31.2 Å². The summed E-state index contributed by atoms with van der Waals surface area (Å²) in [5, 5.41) is 21.0. The van der Waals surface area contributed by atoms with Crippen molar-refractivity contribution in [3.05, 3.63) is 24.3 Å². The Hall–Kier alpha value is -2.08. The molecule has 1 aliphatic heterocycles. The number of anilines is 1. The molecule has 0 unspecified atom stereocenters. The lowest BCUT2D eigenvalue weighted by Gasteiger charge is -2.17. The first-order valence-corrected chi connectivity index (χ1v) is 6.52. The van der Waals surface area contributed by atoms with E-state index >= 15 is 0 Å². The molecule has 0 bridgehead atoms. The third kappa shape index (κ3) is 3.27. The number of nitrogens with one attached hydrogen (secondary N) is 1. The Labute approximate surface area is 117 Å². The maximum absolute atomic E-state index is 11.9. The van der Waals surface area contributed by atoms with E-state index in [9.17, 15) is 14.7 Å². The van der Waals surface area contributed by atoms with Crippen molar-refractivity contribution in [2.24, 2.45) is 5.92 Å². The largest absolute Gasteiger partial charge is 0.508 e. The first-order valence-electron chi connectivity index (χ1n) is 6.52. The van der Waals surface area contributed by atoms with Crippen molar-refractivity contribution in [2.75, 3.05) is 18.0 Å². The zero-order chi connectivity index (χ0) is 14.7. The van der Waals surface area contributed by atoms with Crippen molar-refractivity contribution in [1.82, 2.24) is 5.32 Å². The number of benzene rings is 1. The number of phenols is 1. The highest BCUT2D eigenvalue weighted by molar-refractivity contribution is 6.00. The number of carbonyl (C=O) groups excluding carboxylic acids is 2. The molecule has 1 fully saturated rings. The Morgan fingerprint density at radius 2 is 2.10 bits per heavy atom. The normalized spacial score (nSPS) is 20.0. The van der Waals surface area contributed by atoms with Crippen LogP contribution in [-0.4, -0.2) is 41.2 Å². The molecule has 1 aromatic carbocycles. The lowest BCUT2D eigenvalue weighted by molar-refractivity contribution is -0.126. The van der Waals surface area contributed by atoms with E-state index in [0.29, 0.717) is 12.2 Å². The molecule has 2 rings (SSSR count). The number of nitrogens with zero attached hydrogens (tertiary/aromatic N) is 1. The molecule has 3 N–H and O–H groups in total. The molecule has 0 aromatic heterocycles. The molecular weight excluding hydrogens is 260 g/mol. The van der Waals surface area contributed by atoms with Crippen LogP contribution in [0.5, 0.6) is 5.75 Å². The van der Waals surface area contributed by atoms with Gasteiger partial charge in [0, 0.05) is 25.2 Å². The van der Waals surface area contributed by atoms with Crippen LogP contribution in [0.1, 0.15) is 13.3 Å². The average Bonchev–Trinajstić information content (AvgIpc) is 2.79. The Balaban J connectivity index is 2.00. The zero-order valence-corrected chi connectivity index (χ0v) is 11.2. The SMILES string of the molecule is C[C@@H](O)CNC(=O)[C@H]1CC(=O)N(c2ccc(O)cc2)C1. The number of aliphatic hydroxyl groups is 1. The Bertz CT molecular complexity index is 498. The van der Waals surface area contributed by atoms with E-state index in [-0.39, 0.29) is 30.5 Å². The summed E-state index contributed by atoms with van der Waals surface area (Å²) in [4.78, 5) is 25.4. The highest BCUT2D eigenvalue weighted by atomic mass is 16.3. The van der Waals surface area contributed by atoms with Crippen molar-refractivity contribution < 1.29 is 19.8 Å². The molecule has 1 aromatic rings. The third-order valence-corrected chi connectivity index (χ3v) is 3.23. The van der Waals surface area contributed by atoms with Gasteiger partial charge in [0.05, 0.1) is 12.0 Å². The number of amides is 2. The van der Waals surface area contributed by atoms with Crippen LogP contribution in [-0.2, 0) is 9.59 Å². The molecule has 0 aliphatic carbocycles. The molecular formula is C14H18N2O4. The second kappa shape index (κ2) is 5.92. The number of hydrogen-bond donors (Lipinski definition) is 3. The van der Waals surface area contributed by atoms with Gasteiger partial charge in [-0.3, -0.25) is 9.59 Å². The van der Waals surface area contributed by atoms with Gasteiger partial charge in [0.25, 0.3) is 0 Å². The van der Waals surface area contributed by atoms with E-state index in [4.69, 9.17) is 5.11 Å². The molecule has 1 saturated heterocycles. The third-order valence-electron chi connectivity index (χ3n) is 3.23. The van der Waals surface area contributed by atoms with E-state index in [0.717, 1.165) is 0 Å². The van der Waals surface area contributed by atoms with Crippen molar-refractivity contribution >= 4 is 17.5 Å². The van der Waals surface area contributed by atoms with E-state index in [1.807, 2.05) is 0 Å². The van der Waals surface area contributed by atoms with Gasteiger partial charge >= 0.3 is 0 Å². The molecule has 1 aliphatic rings. The number of phenolic OH excluding ortho intramolecular Hbond substituents is 1. The standard InChI is InChI=1S/C14H18N2O4/c1-9(17)7-15-14(20)10-6-13(19)16(8-10)11-2-4-12(18)5-3-11/h2-5,9-10,17-18H,6-8H2,1H3,(H,15,20)/t9-,10+/m1/s1. The van der Waals surface area contributed by atoms with Gasteiger partial charge in [0.1, 0.15) is 5.75 Å². The van der Waals surface area contributed by atoms with Crippen molar-refractivity contribution in [2.45, 2.75) is 19.4 Å². The highest BCUT2D eigenvalue weighted by Gasteiger charge is 2.34. The molecule has 6 heteroatoms. The minimum atomic E-state index is -0.607. The molecule has 0 radical (unpaired) electrons. The van der Waals surface area contributed by atoms with Crippen LogP contribution in [0, 0.1) is 5.92 Å². The van der Waals surface area contributed by atoms with Crippen LogP contribution >= 0.6 is 0 Å². The van der Waals surface area contributed by atoms with Gasteiger partial charge in [0.15, 0.2) is 0 Å². The van der Waals surface area contributed by atoms with Crippen LogP contribution in [0.4, 0.5) is 5.69 Å². The maximum Gasteiger partial charge on any atom is 0.227 e. The molecule has 6 nitrogen and oxygen atoms in total. The van der Waals surface area contributed by atoms with Gasteiger partial charge in [-0.25, -0.2) is 0 Å². The van der Waals surface area contributed by atoms with Gasteiger partial charge in [-0.15, -0.1) is 0 Å². The van der Waals surface area contributed by atoms with Crippen LogP contribution in [0.15, 0.2) is 24.3 Å². The molecule has 0 saturated carbocycles. The monoisotopic (exact) mass is 278 g/mol. The number of hydrogen-bond acceptors (Lipinski definition) is 4. The fourth-order valence-electron chi connectivity index (χ4n) is 2.16. The first kappa shape index (κ1) is 14.3. The van der Waals surface area contributed by atoms with E-state index in [1.165, 1.54) is 17.0 Å². The first-order chi connectivity index (χ1) is 9.47. The van der Waals surface area contributed by atoms with Crippen LogP contribution in [0.2, 0.25) is 0 Å². The van der Waals surface area contributed by atoms with Crippen molar-refractivity contribution in [3.8, 4) is 5.75 Å². The predicted molar refractivity (Wildman–Crippen MR) is 73.3 cm³/mol. The van der Waals surface area contributed by atoms with Gasteiger partial charge < -0.3 is 20.4 Å². The van der Waals surface area contributed by atoms with Crippen LogP contribution in [0.3, 0.4) is 0 Å². The zero-order valence-electron chi connectivity index (χ0n) is 11.2. The topological polar surface area (TPSA) is 89.9 Å². The van der Waals surface area contributed by atoms with E-state index in [2.05, 4.69) is 5.32 Å². The summed E-state index contributed by atoms with van der Waals surface area (Å²) < 4.78 is 0. The maximum atomic E-state index is 11.9. The average molecular weight is 278 g/mol. The van der Waals surface area contributed by atoms with Crippen LogP contribution < -0.4 is 10.2 Å². The molecule has 2 amide bonds. The van der Waals surface area contributed by atoms with Gasteiger partial charge in [-0.2, -0.15) is 0 Å². The quantitative estimate of drug-likeness (QED) is 0.736.